The average Bonchev–Trinajstić information content (AvgIpc) is 2.91. The maximum atomic E-state index is 12.5. The predicted molar refractivity (Wildman–Crippen MR) is 153 cm³/mol. The van der Waals surface area contributed by atoms with Crippen LogP contribution in [0.1, 0.15) is 57.9 Å². The third-order valence-corrected chi connectivity index (χ3v) is 13.2. The smallest absolute Gasteiger partial charge is 0.258 e. The van der Waals surface area contributed by atoms with Gasteiger partial charge in [0.2, 0.25) is 0 Å². The van der Waals surface area contributed by atoms with Gasteiger partial charge >= 0.3 is 0 Å². The largest absolute Gasteiger partial charge is 0.424 e. The zero-order valence-corrected chi connectivity index (χ0v) is 23.1. The molecule has 0 amide bonds. The Balaban J connectivity index is 1.44. The molecule has 0 spiro atoms. The minimum absolute atomic E-state index is 0.206. The number of rotatable bonds is 11. The first kappa shape index (κ1) is 26.8. The minimum atomic E-state index is -2.97. The molecule has 3 aromatic rings. The van der Waals surface area contributed by atoms with E-state index in [0.29, 0.717) is 0 Å². The Bertz CT molecular complexity index is 1010. The van der Waals surface area contributed by atoms with Crippen molar-refractivity contribution in [2.45, 2.75) is 64.0 Å². The molecule has 1 saturated heterocycles. The molecule has 1 aliphatic heterocycles. The molecular formula is C32H43NO2Si. The van der Waals surface area contributed by atoms with Gasteiger partial charge in [-0.1, -0.05) is 111 Å². The van der Waals surface area contributed by atoms with Crippen LogP contribution in [0.15, 0.2) is 91.0 Å². The number of hydrogen-bond donors (Lipinski definition) is 2. The standard InChI is InChI=1S/C32H43NO2Si/c1-31(2,36(35,29-15-8-4-9-16-29)30-17-10-5-11-18-30)19-12-20-32(23-26-34)21-24-33(25-22-32)27-28-13-6-3-7-14-28/h3-11,13-18,34-35H,12,19-27H2,1-2H3. The highest BCUT2D eigenvalue weighted by molar-refractivity contribution is 6.98. The van der Waals surface area contributed by atoms with E-state index in [2.05, 4.69) is 73.3 Å². The van der Waals surface area contributed by atoms with Crippen LogP contribution in [0, 0.1) is 5.41 Å². The van der Waals surface area contributed by atoms with Crippen LogP contribution in [-0.4, -0.2) is 42.8 Å². The molecule has 3 aromatic carbocycles. The second-order valence-corrected chi connectivity index (χ2v) is 15.3. The molecule has 0 aromatic heterocycles. The second kappa shape index (κ2) is 11.9. The summed E-state index contributed by atoms with van der Waals surface area (Å²) in [6.45, 7) is 7.97. The van der Waals surface area contributed by atoms with Crippen LogP contribution in [0.5, 0.6) is 0 Å². The fraction of sp³-hybridized carbons (Fsp3) is 0.438. The van der Waals surface area contributed by atoms with Crippen LogP contribution in [-0.2, 0) is 6.54 Å². The molecule has 0 atom stereocenters. The molecule has 0 bridgehead atoms. The van der Waals surface area contributed by atoms with Crippen molar-refractivity contribution in [1.29, 1.82) is 0 Å². The third-order valence-electron chi connectivity index (χ3n) is 8.68. The maximum absolute atomic E-state index is 12.5. The Kier molecular flexibility index (Phi) is 8.84. The zero-order valence-electron chi connectivity index (χ0n) is 22.1. The average molecular weight is 502 g/mol. The molecule has 0 aliphatic carbocycles. The molecule has 1 heterocycles. The van der Waals surface area contributed by atoms with Crippen molar-refractivity contribution in [2.75, 3.05) is 19.7 Å². The van der Waals surface area contributed by atoms with E-state index >= 15 is 0 Å². The molecule has 4 heteroatoms. The Morgan fingerprint density at radius 2 is 1.28 bits per heavy atom. The number of hydrogen-bond acceptors (Lipinski definition) is 3. The van der Waals surface area contributed by atoms with Gasteiger partial charge in [-0.05, 0) is 71.6 Å². The van der Waals surface area contributed by atoms with Crippen molar-refractivity contribution in [3.63, 3.8) is 0 Å². The van der Waals surface area contributed by atoms with Gasteiger partial charge in [0, 0.05) is 13.2 Å². The van der Waals surface area contributed by atoms with Crippen LogP contribution in [0.4, 0.5) is 0 Å². The van der Waals surface area contributed by atoms with Crippen molar-refractivity contribution in [3.05, 3.63) is 96.6 Å². The van der Waals surface area contributed by atoms with Crippen LogP contribution in [0.3, 0.4) is 0 Å². The summed E-state index contributed by atoms with van der Waals surface area (Å²) in [5.41, 5.74) is 1.58. The van der Waals surface area contributed by atoms with Gasteiger partial charge in [0.15, 0.2) is 0 Å². The van der Waals surface area contributed by atoms with E-state index in [1.165, 1.54) is 5.56 Å². The van der Waals surface area contributed by atoms with Gasteiger partial charge in [-0.3, -0.25) is 4.90 Å². The number of likely N-dealkylation sites (tertiary alicyclic amines) is 1. The Morgan fingerprint density at radius 1 is 0.778 bits per heavy atom. The highest BCUT2D eigenvalue weighted by Crippen LogP contribution is 2.45. The number of nitrogens with zero attached hydrogens (tertiary/aromatic N) is 1. The molecule has 0 saturated carbocycles. The number of aliphatic hydroxyl groups excluding tert-OH is 1. The first-order valence-corrected chi connectivity index (χ1v) is 15.5. The van der Waals surface area contributed by atoms with Crippen molar-refractivity contribution in [1.82, 2.24) is 4.90 Å². The van der Waals surface area contributed by atoms with Crippen molar-refractivity contribution >= 4 is 18.7 Å². The van der Waals surface area contributed by atoms with E-state index in [9.17, 15) is 9.90 Å². The summed E-state index contributed by atoms with van der Waals surface area (Å²) < 4.78 is 0. The lowest BCUT2D eigenvalue weighted by molar-refractivity contribution is 0.0618. The summed E-state index contributed by atoms with van der Waals surface area (Å²) in [6, 6.07) is 31.4. The van der Waals surface area contributed by atoms with Gasteiger partial charge in [-0.15, -0.1) is 0 Å². The molecule has 0 radical (unpaired) electrons. The van der Waals surface area contributed by atoms with Crippen LogP contribution in [0.2, 0.25) is 5.04 Å². The lowest BCUT2D eigenvalue weighted by Crippen LogP contribution is -2.65. The van der Waals surface area contributed by atoms with E-state index in [1.807, 2.05) is 36.4 Å². The van der Waals surface area contributed by atoms with E-state index in [-0.39, 0.29) is 17.1 Å². The quantitative estimate of drug-likeness (QED) is 0.348. The summed E-state index contributed by atoms with van der Waals surface area (Å²) in [7, 11) is -2.97. The van der Waals surface area contributed by atoms with E-state index < -0.39 is 8.32 Å². The minimum Gasteiger partial charge on any atom is -0.424 e. The lowest BCUT2D eigenvalue weighted by atomic mass is 9.72. The summed E-state index contributed by atoms with van der Waals surface area (Å²) in [5, 5.41) is 11.9. The van der Waals surface area contributed by atoms with E-state index in [0.717, 1.165) is 68.5 Å². The third kappa shape index (κ3) is 6.00. The second-order valence-electron chi connectivity index (χ2n) is 11.4. The maximum Gasteiger partial charge on any atom is 0.258 e. The van der Waals surface area contributed by atoms with Crippen molar-refractivity contribution in [3.8, 4) is 0 Å². The van der Waals surface area contributed by atoms with Gasteiger partial charge in [0.1, 0.15) is 0 Å². The summed E-state index contributed by atoms with van der Waals surface area (Å²) in [4.78, 5) is 15.0. The zero-order chi connectivity index (χ0) is 25.5. The van der Waals surface area contributed by atoms with E-state index in [4.69, 9.17) is 0 Å². The lowest BCUT2D eigenvalue weighted by Gasteiger charge is -2.44. The van der Waals surface area contributed by atoms with Crippen LogP contribution in [0.25, 0.3) is 0 Å². The Morgan fingerprint density at radius 3 is 1.78 bits per heavy atom. The normalized spacial score (nSPS) is 16.7. The van der Waals surface area contributed by atoms with Crippen molar-refractivity contribution in [2.24, 2.45) is 5.41 Å². The number of piperidine rings is 1. The molecule has 1 aliphatic rings. The van der Waals surface area contributed by atoms with Gasteiger partial charge in [-0.25, -0.2) is 0 Å². The predicted octanol–water partition coefficient (Wildman–Crippen LogP) is 5.35. The van der Waals surface area contributed by atoms with Crippen molar-refractivity contribution < 1.29 is 9.90 Å². The SMILES string of the molecule is CC(C)(CCCC1(CCO)CCN(Cc2ccccc2)CC1)[Si](O)(c1ccccc1)c1ccccc1. The Labute approximate surface area is 219 Å². The molecule has 1 fully saturated rings. The molecular weight excluding hydrogens is 458 g/mol. The fourth-order valence-corrected chi connectivity index (χ4v) is 10.1. The topological polar surface area (TPSA) is 43.7 Å². The highest BCUT2D eigenvalue weighted by atomic mass is 28.4. The molecule has 192 valence electrons. The Hall–Kier alpha value is -2.24. The van der Waals surface area contributed by atoms with Gasteiger partial charge in [0.25, 0.3) is 8.32 Å². The monoisotopic (exact) mass is 501 g/mol. The van der Waals surface area contributed by atoms with E-state index in [1.54, 1.807) is 0 Å². The molecule has 0 unspecified atom stereocenters. The van der Waals surface area contributed by atoms with Crippen LogP contribution < -0.4 is 10.4 Å². The van der Waals surface area contributed by atoms with Gasteiger partial charge in [0.05, 0.1) is 0 Å². The molecule has 36 heavy (non-hydrogen) atoms. The molecule has 4 rings (SSSR count). The van der Waals surface area contributed by atoms with Gasteiger partial charge in [-0.2, -0.15) is 0 Å². The summed E-state index contributed by atoms with van der Waals surface area (Å²) in [5.74, 6) is 0. The number of aliphatic hydroxyl groups is 1. The number of benzene rings is 3. The first-order chi connectivity index (χ1) is 17.4. The van der Waals surface area contributed by atoms with Gasteiger partial charge < -0.3 is 9.90 Å². The fourth-order valence-electron chi connectivity index (χ4n) is 6.28. The molecule has 3 nitrogen and oxygen atoms in total. The molecule has 2 N–H and O–H groups in total. The summed E-state index contributed by atoms with van der Waals surface area (Å²) >= 11 is 0. The first-order valence-electron chi connectivity index (χ1n) is 13.6. The van der Waals surface area contributed by atoms with Crippen LogP contribution >= 0.6 is 0 Å². The highest BCUT2D eigenvalue weighted by Gasteiger charge is 2.49. The summed E-state index contributed by atoms with van der Waals surface area (Å²) in [6.07, 6.45) is 6.32.